The summed E-state index contributed by atoms with van der Waals surface area (Å²) in [7, 11) is 2.12. The Morgan fingerprint density at radius 1 is 1.18 bits per heavy atom. The van der Waals surface area contributed by atoms with Crippen molar-refractivity contribution >= 4 is 29.3 Å². The maximum Gasteiger partial charge on any atom is 0.238 e. The van der Waals surface area contributed by atoms with Crippen molar-refractivity contribution in [2.75, 3.05) is 50.0 Å². The normalized spacial score (nSPS) is 14.2. The Bertz CT molecular complexity index is 1080. The molecule has 0 spiro atoms. The average molecular weight is 466 g/mol. The first kappa shape index (κ1) is 23.0. The molecule has 0 saturated carbocycles. The molecule has 3 heterocycles. The van der Waals surface area contributed by atoms with E-state index in [0.29, 0.717) is 24.1 Å². The summed E-state index contributed by atoms with van der Waals surface area (Å²) in [6.07, 6.45) is 5.29. The molecule has 1 aliphatic heterocycles. The first-order chi connectivity index (χ1) is 16.1. The highest BCUT2D eigenvalue weighted by Gasteiger charge is 2.19. The van der Waals surface area contributed by atoms with Crippen LogP contribution in [0.4, 0.5) is 11.6 Å². The van der Waals surface area contributed by atoms with Crippen LogP contribution in [0.3, 0.4) is 0 Å². The lowest BCUT2D eigenvalue weighted by atomic mass is 10.3. The van der Waals surface area contributed by atoms with Gasteiger partial charge in [0.2, 0.25) is 17.7 Å². The summed E-state index contributed by atoms with van der Waals surface area (Å²) in [6.45, 7) is 3.99. The minimum absolute atomic E-state index is 0.0635. The summed E-state index contributed by atoms with van der Waals surface area (Å²) in [5.74, 6) is 0.955. The third-order valence-electron chi connectivity index (χ3n) is 5.15. The number of amides is 1. The average Bonchev–Trinajstić information content (AvgIpc) is 2.85. The van der Waals surface area contributed by atoms with Gasteiger partial charge in [0.15, 0.2) is 0 Å². The lowest BCUT2D eigenvalue weighted by Crippen LogP contribution is -2.45. The van der Waals surface area contributed by atoms with Gasteiger partial charge in [-0.1, -0.05) is 17.8 Å². The maximum atomic E-state index is 11.6. The Labute approximate surface area is 197 Å². The minimum atomic E-state index is -0.238. The van der Waals surface area contributed by atoms with Gasteiger partial charge in [0.05, 0.1) is 17.6 Å². The summed E-state index contributed by atoms with van der Waals surface area (Å²) in [4.78, 5) is 31.3. The quantitative estimate of drug-likeness (QED) is 0.518. The smallest absolute Gasteiger partial charge is 0.238 e. The summed E-state index contributed by atoms with van der Waals surface area (Å²) in [5.41, 5.74) is 7.10. The van der Waals surface area contributed by atoms with Gasteiger partial charge < -0.3 is 25.6 Å². The van der Waals surface area contributed by atoms with Gasteiger partial charge in [-0.25, -0.2) is 4.98 Å². The van der Waals surface area contributed by atoms with Gasteiger partial charge in [-0.2, -0.15) is 4.98 Å². The van der Waals surface area contributed by atoms with E-state index in [9.17, 15) is 4.79 Å². The molecule has 10 heteroatoms. The van der Waals surface area contributed by atoms with Crippen LogP contribution >= 0.6 is 11.8 Å². The molecule has 2 aromatic heterocycles. The number of nitrogens with zero attached hydrogens (tertiary/aromatic N) is 5. The van der Waals surface area contributed by atoms with E-state index in [2.05, 4.69) is 32.1 Å². The largest absolute Gasteiger partial charge is 0.472 e. The number of anilines is 2. The Morgan fingerprint density at radius 2 is 1.97 bits per heavy atom. The number of benzene rings is 1. The molecule has 3 N–H and O–H groups in total. The maximum absolute atomic E-state index is 11.6. The van der Waals surface area contributed by atoms with Crippen molar-refractivity contribution in [1.29, 1.82) is 0 Å². The number of carbonyl (C=O) groups is 1. The number of carbonyl (C=O) groups excluding carboxylic acids is 1. The molecule has 1 amide bonds. The zero-order chi connectivity index (χ0) is 23.0. The van der Waals surface area contributed by atoms with E-state index in [1.54, 1.807) is 18.6 Å². The van der Waals surface area contributed by atoms with Gasteiger partial charge in [-0.05, 0) is 42.9 Å². The summed E-state index contributed by atoms with van der Waals surface area (Å²) < 4.78 is 6.14. The third-order valence-corrected chi connectivity index (χ3v) is 6.14. The Hall–Kier alpha value is -3.21. The van der Waals surface area contributed by atoms with Crippen LogP contribution in [0.25, 0.3) is 0 Å². The number of hydrogen-bond acceptors (Lipinski definition) is 9. The number of aromatic nitrogens is 3. The molecule has 0 radical (unpaired) electrons. The number of piperazine rings is 1. The van der Waals surface area contributed by atoms with E-state index in [1.165, 1.54) is 11.8 Å². The molecule has 0 aliphatic carbocycles. The highest BCUT2D eigenvalue weighted by Crippen LogP contribution is 2.35. The van der Waals surface area contributed by atoms with E-state index < -0.39 is 0 Å². The van der Waals surface area contributed by atoms with E-state index in [-0.39, 0.29) is 12.5 Å². The fourth-order valence-electron chi connectivity index (χ4n) is 3.29. The van der Waals surface area contributed by atoms with E-state index in [0.717, 1.165) is 41.5 Å². The molecular weight excluding hydrogens is 438 g/mol. The second-order valence-electron chi connectivity index (χ2n) is 7.66. The molecule has 0 atom stereocenters. The number of rotatable bonds is 8. The highest BCUT2D eigenvalue weighted by atomic mass is 32.2. The first-order valence-electron chi connectivity index (χ1n) is 10.7. The van der Waals surface area contributed by atoms with Crippen LogP contribution in [0.15, 0.2) is 64.8 Å². The Kier molecular flexibility index (Phi) is 7.71. The number of nitrogens with two attached hydrogens (primary N) is 1. The number of hydrogen-bond donors (Lipinski definition) is 2. The standard InChI is InChI=1S/C23H27N7O2S/c1-29-9-11-30(12-10-29)23-26-15-20(22(28-23)32-16-17-5-7-25-8-6-17)33-19-4-2-3-18(13-19)27-21(31)14-24/h2-8,13,15H,9-12,14,16,24H2,1H3,(H,27,31). The fraction of sp³-hybridized carbons (Fsp3) is 0.304. The lowest BCUT2D eigenvalue weighted by molar-refractivity contribution is -0.114. The molecule has 3 aromatic rings. The predicted molar refractivity (Wildman–Crippen MR) is 129 cm³/mol. The van der Waals surface area contributed by atoms with Crippen LogP contribution in [0.5, 0.6) is 5.88 Å². The first-order valence-corrected chi connectivity index (χ1v) is 11.5. The van der Waals surface area contributed by atoms with E-state index in [4.69, 9.17) is 15.5 Å². The van der Waals surface area contributed by atoms with Gasteiger partial charge in [-0.3, -0.25) is 9.78 Å². The second-order valence-corrected chi connectivity index (χ2v) is 8.77. The minimum Gasteiger partial charge on any atom is -0.472 e. The molecule has 4 rings (SSSR count). The molecule has 0 unspecified atom stereocenters. The summed E-state index contributed by atoms with van der Waals surface area (Å²) in [5, 5.41) is 2.78. The van der Waals surface area contributed by atoms with Gasteiger partial charge >= 0.3 is 0 Å². The molecule has 0 bridgehead atoms. The van der Waals surface area contributed by atoms with Crippen LogP contribution in [-0.4, -0.2) is 65.5 Å². The van der Waals surface area contributed by atoms with Crippen LogP contribution in [0.1, 0.15) is 5.56 Å². The number of likely N-dealkylation sites (N-methyl/N-ethyl adjacent to an activating group) is 1. The molecule has 1 fully saturated rings. The zero-order valence-electron chi connectivity index (χ0n) is 18.5. The fourth-order valence-corrected chi connectivity index (χ4v) is 4.17. The van der Waals surface area contributed by atoms with Crippen molar-refractivity contribution in [2.45, 2.75) is 16.4 Å². The summed E-state index contributed by atoms with van der Waals surface area (Å²) in [6, 6.07) is 11.4. The number of nitrogens with one attached hydrogen (secondary N) is 1. The van der Waals surface area contributed by atoms with Crippen LogP contribution < -0.4 is 20.7 Å². The number of ether oxygens (including phenoxy) is 1. The van der Waals surface area contributed by atoms with Crippen molar-refractivity contribution in [1.82, 2.24) is 19.9 Å². The molecule has 1 aromatic carbocycles. The molecule has 172 valence electrons. The van der Waals surface area contributed by atoms with Crippen LogP contribution in [-0.2, 0) is 11.4 Å². The molecule has 9 nitrogen and oxygen atoms in total. The Morgan fingerprint density at radius 3 is 2.73 bits per heavy atom. The molecule has 1 saturated heterocycles. The van der Waals surface area contributed by atoms with Crippen molar-refractivity contribution in [3.05, 3.63) is 60.6 Å². The monoisotopic (exact) mass is 465 g/mol. The van der Waals surface area contributed by atoms with Crippen molar-refractivity contribution in [2.24, 2.45) is 5.73 Å². The SMILES string of the molecule is CN1CCN(c2ncc(Sc3cccc(NC(=O)CN)c3)c(OCc3ccncc3)n2)CC1. The Balaban J connectivity index is 1.56. The van der Waals surface area contributed by atoms with Crippen LogP contribution in [0.2, 0.25) is 0 Å². The zero-order valence-corrected chi connectivity index (χ0v) is 19.3. The third kappa shape index (κ3) is 6.41. The van der Waals surface area contributed by atoms with Gasteiger partial charge in [0.1, 0.15) is 6.61 Å². The predicted octanol–water partition coefficient (Wildman–Crippen LogP) is 2.25. The topological polar surface area (TPSA) is 110 Å². The van der Waals surface area contributed by atoms with Gasteiger partial charge in [0.25, 0.3) is 0 Å². The van der Waals surface area contributed by atoms with Crippen molar-refractivity contribution in [3.8, 4) is 5.88 Å². The van der Waals surface area contributed by atoms with Crippen LogP contribution in [0, 0.1) is 0 Å². The van der Waals surface area contributed by atoms with Gasteiger partial charge in [-0.15, -0.1) is 0 Å². The second kappa shape index (κ2) is 11.1. The van der Waals surface area contributed by atoms with Crippen molar-refractivity contribution in [3.63, 3.8) is 0 Å². The highest BCUT2D eigenvalue weighted by molar-refractivity contribution is 7.99. The van der Waals surface area contributed by atoms with Crippen molar-refractivity contribution < 1.29 is 9.53 Å². The lowest BCUT2D eigenvalue weighted by Gasteiger charge is -2.32. The molecule has 33 heavy (non-hydrogen) atoms. The van der Waals surface area contributed by atoms with Gasteiger partial charge in [0, 0.05) is 49.2 Å². The van der Waals surface area contributed by atoms with E-state index >= 15 is 0 Å². The number of pyridine rings is 1. The van der Waals surface area contributed by atoms with E-state index in [1.807, 2.05) is 36.4 Å². The molecular formula is C23H27N7O2S. The molecule has 1 aliphatic rings. The summed E-state index contributed by atoms with van der Waals surface area (Å²) >= 11 is 1.48.